The summed E-state index contributed by atoms with van der Waals surface area (Å²) in [4.78, 5) is 23.3. The first kappa shape index (κ1) is 19.0. The predicted molar refractivity (Wildman–Crippen MR) is 91.4 cm³/mol. The molecule has 3 N–H and O–H groups in total. The van der Waals surface area contributed by atoms with Crippen molar-refractivity contribution in [2.75, 3.05) is 6.54 Å². The van der Waals surface area contributed by atoms with E-state index in [4.69, 9.17) is 0 Å². The van der Waals surface area contributed by atoms with Crippen molar-refractivity contribution in [1.29, 1.82) is 0 Å². The number of rotatable bonds is 10. The first-order valence-electron chi connectivity index (χ1n) is 8.37. The molecule has 1 rings (SSSR count). The standard InChI is InChI=1S/C18H28N2O3/c1-3-5-9-14(4-2)13-19-18(23)20-16(17(21)22)12-15-10-7-6-8-11-15/h6-8,10-11,14,16H,3-5,9,12-13H2,1-2H3,(H,21,22)(H2,19,20,23). The Morgan fingerprint density at radius 2 is 1.87 bits per heavy atom. The summed E-state index contributed by atoms with van der Waals surface area (Å²) in [7, 11) is 0. The molecule has 0 aliphatic heterocycles. The Labute approximate surface area is 138 Å². The minimum atomic E-state index is -1.03. The molecule has 0 aliphatic carbocycles. The lowest BCUT2D eigenvalue weighted by Crippen LogP contribution is -2.48. The Balaban J connectivity index is 2.46. The predicted octanol–water partition coefficient (Wildman–Crippen LogP) is 3.20. The summed E-state index contributed by atoms with van der Waals surface area (Å²) in [6.45, 7) is 4.84. The highest BCUT2D eigenvalue weighted by Gasteiger charge is 2.20. The van der Waals surface area contributed by atoms with Crippen molar-refractivity contribution >= 4 is 12.0 Å². The molecule has 0 aliphatic rings. The third-order valence-electron chi connectivity index (χ3n) is 3.98. The summed E-state index contributed by atoms with van der Waals surface area (Å²) < 4.78 is 0. The van der Waals surface area contributed by atoms with Crippen LogP contribution in [0.25, 0.3) is 0 Å². The molecule has 0 heterocycles. The second-order valence-electron chi connectivity index (χ2n) is 5.85. The van der Waals surface area contributed by atoms with Crippen LogP contribution in [0.4, 0.5) is 4.79 Å². The highest BCUT2D eigenvalue weighted by molar-refractivity contribution is 5.82. The summed E-state index contributed by atoms with van der Waals surface area (Å²) in [5, 5.41) is 14.6. The van der Waals surface area contributed by atoms with Gasteiger partial charge in [-0.1, -0.05) is 63.4 Å². The summed E-state index contributed by atoms with van der Waals surface area (Å²) in [5.74, 6) is -0.583. The molecule has 2 amide bonds. The number of unbranched alkanes of at least 4 members (excludes halogenated alkanes) is 1. The molecule has 0 spiro atoms. The van der Waals surface area contributed by atoms with E-state index in [1.54, 1.807) is 0 Å². The van der Waals surface area contributed by atoms with Crippen molar-refractivity contribution in [2.24, 2.45) is 5.92 Å². The van der Waals surface area contributed by atoms with E-state index < -0.39 is 18.0 Å². The van der Waals surface area contributed by atoms with Gasteiger partial charge in [0.1, 0.15) is 6.04 Å². The number of hydrogen-bond acceptors (Lipinski definition) is 2. The van der Waals surface area contributed by atoms with Crippen molar-refractivity contribution in [1.82, 2.24) is 10.6 Å². The Kier molecular flexibility index (Phi) is 8.80. The second-order valence-corrected chi connectivity index (χ2v) is 5.85. The molecule has 0 saturated carbocycles. The molecular formula is C18H28N2O3. The molecule has 0 bridgehead atoms. The van der Waals surface area contributed by atoms with Gasteiger partial charge in [0, 0.05) is 13.0 Å². The zero-order valence-electron chi connectivity index (χ0n) is 14.0. The molecule has 128 valence electrons. The van der Waals surface area contributed by atoms with E-state index in [1.165, 1.54) is 0 Å². The summed E-state index contributed by atoms with van der Waals surface area (Å²) in [6, 6.07) is 7.96. The Bertz CT molecular complexity index is 476. The van der Waals surface area contributed by atoms with Gasteiger partial charge in [-0.25, -0.2) is 9.59 Å². The lowest BCUT2D eigenvalue weighted by atomic mass is 9.99. The van der Waals surface area contributed by atoms with E-state index in [0.29, 0.717) is 12.5 Å². The summed E-state index contributed by atoms with van der Waals surface area (Å²) in [6.07, 6.45) is 4.65. The monoisotopic (exact) mass is 320 g/mol. The van der Waals surface area contributed by atoms with Crippen LogP contribution >= 0.6 is 0 Å². The maximum atomic E-state index is 12.0. The number of benzene rings is 1. The lowest BCUT2D eigenvalue weighted by Gasteiger charge is -2.18. The number of amides is 2. The minimum Gasteiger partial charge on any atom is -0.480 e. The van der Waals surface area contributed by atoms with Gasteiger partial charge >= 0.3 is 12.0 Å². The number of carboxylic acids is 1. The second kappa shape index (κ2) is 10.6. The Hall–Kier alpha value is -2.04. The topological polar surface area (TPSA) is 78.4 Å². The molecule has 2 unspecified atom stereocenters. The van der Waals surface area contributed by atoms with Crippen LogP contribution in [0.1, 0.15) is 45.1 Å². The third-order valence-corrected chi connectivity index (χ3v) is 3.98. The van der Waals surface area contributed by atoms with Crippen molar-refractivity contribution < 1.29 is 14.7 Å². The van der Waals surface area contributed by atoms with Crippen LogP contribution in [0.5, 0.6) is 0 Å². The fourth-order valence-electron chi connectivity index (χ4n) is 2.44. The van der Waals surface area contributed by atoms with Crippen molar-refractivity contribution in [3.8, 4) is 0 Å². The first-order chi connectivity index (χ1) is 11.1. The van der Waals surface area contributed by atoms with Gasteiger partial charge in [-0.2, -0.15) is 0 Å². The fourth-order valence-corrected chi connectivity index (χ4v) is 2.44. The smallest absolute Gasteiger partial charge is 0.326 e. The van der Waals surface area contributed by atoms with E-state index in [0.717, 1.165) is 31.2 Å². The fraction of sp³-hybridized carbons (Fsp3) is 0.556. The van der Waals surface area contributed by atoms with Gasteiger partial charge in [0.15, 0.2) is 0 Å². The number of carbonyl (C=O) groups excluding carboxylic acids is 1. The molecule has 5 heteroatoms. The Morgan fingerprint density at radius 3 is 2.43 bits per heavy atom. The maximum Gasteiger partial charge on any atom is 0.326 e. The molecule has 0 aromatic heterocycles. The average molecular weight is 320 g/mol. The van der Waals surface area contributed by atoms with E-state index in [1.807, 2.05) is 30.3 Å². The van der Waals surface area contributed by atoms with E-state index >= 15 is 0 Å². The minimum absolute atomic E-state index is 0.274. The Morgan fingerprint density at radius 1 is 1.17 bits per heavy atom. The van der Waals surface area contributed by atoms with Gasteiger partial charge in [-0.3, -0.25) is 0 Å². The largest absolute Gasteiger partial charge is 0.480 e. The number of hydrogen-bond donors (Lipinski definition) is 3. The highest BCUT2D eigenvalue weighted by Crippen LogP contribution is 2.11. The van der Waals surface area contributed by atoms with Gasteiger partial charge in [0.2, 0.25) is 0 Å². The molecule has 2 atom stereocenters. The summed E-state index contributed by atoms with van der Waals surface area (Å²) >= 11 is 0. The quantitative estimate of drug-likeness (QED) is 0.619. The molecule has 1 aromatic rings. The maximum absolute atomic E-state index is 12.0. The van der Waals surface area contributed by atoms with E-state index in [-0.39, 0.29) is 6.42 Å². The van der Waals surface area contributed by atoms with Crippen LogP contribution in [0, 0.1) is 5.92 Å². The molecule has 0 radical (unpaired) electrons. The molecule has 1 aromatic carbocycles. The van der Waals surface area contributed by atoms with Gasteiger partial charge in [-0.15, -0.1) is 0 Å². The first-order valence-corrected chi connectivity index (χ1v) is 8.37. The van der Waals surface area contributed by atoms with E-state index in [9.17, 15) is 14.7 Å². The molecule has 23 heavy (non-hydrogen) atoms. The third kappa shape index (κ3) is 7.68. The SMILES string of the molecule is CCCCC(CC)CNC(=O)NC(Cc1ccccc1)C(=O)O. The number of urea groups is 1. The van der Waals surface area contributed by atoms with Crippen LogP contribution < -0.4 is 10.6 Å². The summed E-state index contributed by atoms with van der Waals surface area (Å²) in [5.41, 5.74) is 0.884. The van der Waals surface area contributed by atoms with Crippen LogP contribution in [0.15, 0.2) is 30.3 Å². The lowest BCUT2D eigenvalue weighted by molar-refractivity contribution is -0.139. The number of carbonyl (C=O) groups is 2. The number of nitrogens with one attached hydrogen (secondary N) is 2. The molecule has 0 fully saturated rings. The van der Waals surface area contributed by atoms with Gasteiger partial charge in [0.25, 0.3) is 0 Å². The number of carboxylic acid groups (broad SMARTS) is 1. The van der Waals surface area contributed by atoms with Crippen LogP contribution in [-0.2, 0) is 11.2 Å². The zero-order valence-corrected chi connectivity index (χ0v) is 14.0. The molecular weight excluding hydrogens is 292 g/mol. The van der Waals surface area contributed by atoms with Gasteiger partial charge in [0.05, 0.1) is 0 Å². The van der Waals surface area contributed by atoms with E-state index in [2.05, 4.69) is 24.5 Å². The highest BCUT2D eigenvalue weighted by atomic mass is 16.4. The zero-order chi connectivity index (χ0) is 17.1. The van der Waals surface area contributed by atoms with Crippen LogP contribution in [0.3, 0.4) is 0 Å². The van der Waals surface area contributed by atoms with Crippen molar-refractivity contribution in [3.05, 3.63) is 35.9 Å². The molecule has 5 nitrogen and oxygen atoms in total. The van der Waals surface area contributed by atoms with Crippen LogP contribution in [-0.4, -0.2) is 29.7 Å². The van der Waals surface area contributed by atoms with Crippen molar-refractivity contribution in [3.63, 3.8) is 0 Å². The van der Waals surface area contributed by atoms with Crippen LogP contribution in [0.2, 0.25) is 0 Å². The molecule has 0 saturated heterocycles. The normalized spacial score (nSPS) is 13.1. The van der Waals surface area contributed by atoms with Gasteiger partial charge in [-0.05, 0) is 17.9 Å². The van der Waals surface area contributed by atoms with Crippen molar-refractivity contribution in [2.45, 2.75) is 52.0 Å². The van der Waals surface area contributed by atoms with Gasteiger partial charge < -0.3 is 15.7 Å². The average Bonchev–Trinajstić information content (AvgIpc) is 2.55. The number of aliphatic carboxylic acids is 1.